The van der Waals surface area contributed by atoms with Gasteiger partial charge in [-0.3, -0.25) is 0 Å². The van der Waals surface area contributed by atoms with E-state index < -0.39 is 0 Å². The van der Waals surface area contributed by atoms with Crippen LogP contribution >= 0.6 is 17.2 Å². The second kappa shape index (κ2) is 3.31. The first-order valence-corrected chi connectivity index (χ1v) is 5.86. The first kappa shape index (κ1) is 9.86. The molecule has 0 aliphatic heterocycles. The highest BCUT2D eigenvalue weighted by atomic mass is 31.2. The number of hydrogen-bond donors (Lipinski definition) is 0. The van der Waals surface area contributed by atoms with Crippen molar-refractivity contribution in [2.24, 2.45) is 0 Å². The molecule has 0 saturated heterocycles. The van der Waals surface area contributed by atoms with Crippen LogP contribution in [-0.4, -0.2) is 17.2 Å². The van der Waals surface area contributed by atoms with Gasteiger partial charge in [0.05, 0.1) is 0 Å². The van der Waals surface area contributed by atoms with Crippen LogP contribution in [0.25, 0.3) is 0 Å². The molecule has 3 atom stereocenters. The van der Waals surface area contributed by atoms with E-state index in [0.29, 0.717) is 5.16 Å². The van der Waals surface area contributed by atoms with Crippen LogP contribution < -0.4 is 0 Å². The van der Waals surface area contributed by atoms with E-state index in [1.54, 1.807) is 0 Å². The molecule has 56 valence electrons. The van der Waals surface area contributed by atoms with Gasteiger partial charge in [0, 0.05) is 0 Å². The maximum atomic E-state index is 2.89. The average Bonchev–Trinajstić information content (AvgIpc) is 1.62. The van der Waals surface area contributed by atoms with E-state index in [1.807, 2.05) is 0 Å². The fourth-order valence-corrected chi connectivity index (χ4v) is 3.17. The van der Waals surface area contributed by atoms with Crippen molar-refractivity contribution in [2.45, 2.75) is 38.3 Å². The molecule has 0 N–H and O–H groups in total. The highest BCUT2D eigenvalue weighted by molar-refractivity contribution is 7.65. The van der Waals surface area contributed by atoms with Crippen LogP contribution in [0, 0.1) is 0 Å². The SMILES string of the molecule is CC(P)P(C)C(C)(C)C. The number of rotatable bonds is 1. The molecule has 2 heteroatoms. The molecule has 0 nitrogen and oxygen atoms in total. The van der Waals surface area contributed by atoms with Gasteiger partial charge >= 0.3 is 0 Å². The zero-order valence-electron chi connectivity index (χ0n) is 7.10. The average molecular weight is 164 g/mol. The van der Waals surface area contributed by atoms with Gasteiger partial charge in [-0.15, -0.1) is 9.24 Å². The lowest BCUT2D eigenvalue weighted by atomic mass is 10.3. The zero-order chi connectivity index (χ0) is 7.65. The summed E-state index contributed by atoms with van der Waals surface area (Å²) in [5.41, 5.74) is 0. The van der Waals surface area contributed by atoms with Gasteiger partial charge in [-0.05, 0) is 17.2 Å². The fourth-order valence-electron chi connectivity index (χ4n) is 0.611. The van der Waals surface area contributed by atoms with Gasteiger partial charge in [-0.25, -0.2) is 0 Å². The Morgan fingerprint density at radius 2 is 1.67 bits per heavy atom. The first-order chi connectivity index (χ1) is 3.85. The molecule has 0 amide bonds. The molecule has 0 aromatic heterocycles. The van der Waals surface area contributed by atoms with Crippen LogP contribution in [0.1, 0.15) is 27.7 Å². The Morgan fingerprint density at radius 3 is 1.67 bits per heavy atom. The van der Waals surface area contributed by atoms with Crippen LogP contribution in [0.5, 0.6) is 0 Å². The molecule has 9 heavy (non-hydrogen) atoms. The normalized spacial score (nSPS) is 19.3. The van der Waals surface area contributed by atoms with Gasteiger partial charge in [0.2, 0.25) is 0 Å². The molecule has 0 aromatic carbocycles. The second-order valence-electron chi connectivity index (χ2n) is 3.52. The lowest BCUT2D eigenvalue weighted by molar-refractivity contribution is 0.782. The summed E-state index contributed by atoms with van der Waals surface area (Å²) in [6.07, 6.45) is 0. The van der Waals surface area contributed by atoms with Crippen molar-refractivity contribution in [2.75, 3.05) is 6.66 Å². The maximum absolute atomic E-state index is 2.89. The third-order valence-corrected chi connectivity index (χ3v) is 6.35. The molecule has 0 spiro atoms. The predicted octanol–water partition coefficient (Wildman–Crippen LogP) is 3.12. The van der Waals surface area contributed by atoms with Crippen LogP contribution in [0.3, 0.4) is 0 Å². The third kappa shape index (κ3) is 3.54. The standard InChI is InChI=1S/C7H18P2/c1-6(8)9(5)7(2,3)4/h6H,8H2,1-5H3. The van der Waals surface area contributed by atoms with Gasteiger partial charge in [-0.1, -0.05) is 35.6 Å². The summed E-state index contributed by atoms with van der Waals surface area (Å²) >= 11 is 0. The lowest BCUT2D eigenvalue weighted by Crippen LogP contribution is -2.14. The summed E-state index contributed by atoms with van der Waals surface area (Å²) in [4.78, 5) is 0. The van der Waals surface area contributed by atoms with E-state index in [0.717, 1.165) is 5.40 Å². The molecule has 0 bridgehead atoms. The molecule has 0 saturated carbocycles. The van der Waals surface area contributed by atoms with E-state index >= 15 is 0 Å². The molecule has 0 aliphatic carbocycles. The highest BCUT2D eigenvalue weighted by Gasteiger charge is 2.21. The molecular formula is C7H18P2. The zero-order valence-corrected chi connectivity index (χ0v) is 9.15. The molecule has 3 unspecified atom stereocenters. The molecule has 0 heterocycles. The molecule has 0 aliphatic rings. The quantitative estimate of drug-likeness (QED) is 0.522. The van der Waals surface area contributed by atoms with Gasteiger partial charge in [-0.2, -0.15) is 0 Å². The van der Waals surface area contributed by atoms with Crippen LogP contribution in [0.15, 0.2) is 0 Å². The molecular weight excluding hydrogens is 146 g/mol. The van der Waals surface area contributed by atoms with E-state index in [4.69, 9.17) is 0 Å². The Balaban J connectivity index is 3.88. The fraction of sp³-hybridized carbons (Fsp3) is 1.00. The van der Waals surface area contributed by atoms with Gasteiger partial charge in [0.1, 0.15) is 0 Å². The van der Waals surface area contributed by atoms with E-state index in [-0.39, 0.29) is 7.92 Å². The van der Waals surface area contributed by atoms with E-state index in [1.165, 1.54) is 0 Å². The molecule has 0 rings (SSSR count). The minimum atomic E-state index is 0.182. The first-order valence-electron chi connectivity index (χ1n) is 3.34. The maximum Gasteiger partial charge on any atom is -0.00881 e. The summed E-state index contributed by atoms with van der Waals surface area (Å²) in [5.74, 6) is 0. The van der Waals surface area contributed by atoms with Crippen LogP contribution in [-0.2, 0) is 0 Å². The summed E-state index contributed by atoms with van der Waals surface area (Å²) in [6, 6.07) is 0. The molecule has 0 aromatic rings. The molecule has 0 fully saturated rings. The van der Waals surface area contributed by atoms with Crippen molar-refractivity contribution in [3.05, 3.63) is 0 Å². The minimum Gasteiger partial charge on any atom is -0.130 e. The van der Waals surface area contributed by atoms with Crippen molar-refractivity contribution >= 4 is 17.2 Å². The van der Waals surface area contributed by atoms with Crippen molar-refractivity contribution in [3.8, 4) is 0 Å². The van der Waals surface area contributed by atoms with Gasteiger partial charge in [0.25, 0.3) is 0 Å². The Labute approximate surface area is 62.8 Å². The van der Waals surface area contributed by atoms with Crippen molar-refractivity contribution in [3.63, 3.8) is 0 Å². The van der Waals surface area contributed by atoms with Gasteiger partial charge < -0.3 is 0 Å². The monoisotopic (exact) mass is 164 g/mol. The summed E-state index contributed by atoms with van der Waals surface area (Å²) in [5, 5.41) is 1.32. The van der Waals surface area contributed by atoms with Gasteiger partial charge in [0.15, 0.2) is 0 Å². The van der Waals surface area contributed by atoms with Crippen molar-refractivity contribution in [1.82, 2.24) is 0 Å². The molecule has 0 radical (unpaired) electrons. The smallest absolute Gasteiger partial charge is 0.00881 e. The van der Waals surface area contributed by atoms with Crippen molar-refractivity contribution in [1.29, 1.82) is 0 Å². The van der Waals surface area contributed by atoms with Crippen LogP contribution in [0.2, 0.25) is 0 Å². The summed E-state index contributed by atoms with van der Waals surface area (Å²) in [6.45, 7) is 11.6. The number of hydrogen-bond acceptors (Lipinski definition) is 0. The summed E-state index contributed by atoms with van der Waals surface area (Å²) in [7, 11) is 3.07. The van der Waals surface area contributed by atoms with E-state index in [2.05, 4.69) is 43.6 Å². The minimum absolute atomic E-state index is 0.182. The Hall–Kier alpha value is 0.860. The van der Waals surface area contributed by atoms with Crippen molar-refractivity contribution < 1.29 is 0 Å². The predicted molar refractivity (Wildman–Crippen MR) is 51.8 cm³/mol. The summed E-state index contributed by atoms with van der Waals surface area (Å²) < 4.78 is 0. The lowest BCUT2D eigenvalue weighted by Gasteiger charge is -2.30. The largest absolute Gasteiger partial charge is 0.130 e. The topological polar surface area (TPSA) is 0 Å². The highest BCUT2D eigenvalue weighted by Crippen LogP contribution is 2.52. The third-order valence-electron chi connectivity index (χ3n) is 1.67. The Bertz CT molecular complexity index is 81.4. The van der Waals surface area contributed by atoms with E-state index in [9.17, 15) is 0 Å². The van der Waals surface area contributed by atoms with Crippen LogP contribution in [0.4, 0.5) is 0 Å². The Kier molecular flexibility index (Phi) is 3.63. The Morgan fingerprint density at radius 1 is 1.33 bits per heavy atom. The second-order valence-corrected chi connectivity index (χ2v) is 8.46.